The summed E-state index contributed by atoms with van der Waals surface area (Å²) in [6.07, 6.45) is 3.32. The minimum Gasteiger partial charge on any atom is -0.468 e. The molecule has 3 rings (SSSR count). The SMILES string of the molecule is CCNC(=NCc1ccccc1CN(C)Cc1ccco1)N1CCC(C(=O)OCC)CC1. The number of ether oxygens (including phenoxy) is 1. The summed E-state index contributed by atoms with van der Waals surface area (Å²) >= 11 is 0. The van der Waals surface area contributed by atoms with E-state index in [-0.39, 0.29) is 11.9 Å². The number of nitrogens with zero attached hydrogens (tertiary/aromatic N) is 3. The lowest BCUT2D eigenvalue weighted by Gasteiger charge is -2.33. The summed E-state index contributed by atoms with van der Waals surface area (Å²) in [5.74, 6) is 1.80. The number of furan rings is 1. The molecule has 32 heavy (non-hydrogen) atoms. The van der Waals surface area contributed by atoms with Crippen molar-refractivity contribution in [3.05, 3.63) is 59.5 Å². The molecule has 1 fully saturated rings. The van der Waals surface area contributed by atoms with Crippen molar-refractivity contribution in [2.45, 2.75) is 46.3 Å². The number of benzene rings is 1. The first-order chi connectivity index (χ1) is 15.6. The van der Waals surface area contributed by atoms with Gasteiger partial charge in [-0.2, -0.15) is 0 Å². The molecular formula is C25H36N4O3. The van der Waals surface area contributed by atoms with Gasteiger partial charge in [-0.25, -0.2) is 4.99 Å². The number of guanidine groups is 1. The summed E-state index contributed by atoms with van der Waals surface area (Å²) in [6, 6.07) is 12.4. The van der Waals surface area contributed by atoms with E-state index < -0.39 is 0 Å². The molecule has 0 saturated carbocycles. The van der Waals surface area contributed by atoms with Gasteiger partial charge in [0.2, 0.25) is 0 Å². The van der Waals surface area contributed by atoms with Crippen LogP contribution in [0.1, 0.15) is 43.6 Å². The minimum absolute atomic E-state index is 0.000462. The third kappa shape index (κ3) is 6.85. The normalized spacial score (nSPS) is 15.2. The molecule has 1 saturated heterocycles. The second-order valence-corrected chi connectivity index (χ2v) is 8.20. The Morgan fingerprint density at radius 2 is 1.91 bits per heavy atom. The molecule has 1 aromatic heterocycles. The largest absolute Gasteiger partial charge is 0.468 e. The number of nitrogens with one attached hydrogen (secondary N) is 1. The Balaban J connectivity index is 1.62. The molecule has 0 aliphatic carbocycles. The number of hydrogen-bond donors (Lipinski definition) is 1. The number of piperidine rings is 1. The van der Waals surface area contributed by atoms with Crippen LogP contribution in [0.2, 0.25) is 0 Å². The molecule has 2 heterocycles. The highest BCUT2D eigenvalue weighted by Gasteiger charge is 2.27. The zero-order chi connectivity index (χ0) is 22.8. The lowest BCUT2D eigenvalue weighted by Crippen LogP contribution is -2.46. The monoisotopic (exact) mass is 440 g/mol. The smallest absolute Gasteiger partial charge is 0.309 e. The number of rotatable bonds is 9. The molecule has 0 radical (unpaired) electrons. The van der Waals surface area contributed by atoms with E-state index in [1.807, 2.05) is 19.1 Å². The topological polar surface area (TPSA) is 70.3 Å². The first kappa shape index (κ1) is 23.9. The molecule has 0 atom stereocenters. The molecule has 2 aromatic rings. The van der Waals surface area contributed by atoms with Crippen molar-refractivity contribution in [1.82, 2.24) is 15.1 Å². The van der Waals surface area contributed by atoms with Gasteiger partial charge in [0.15, 0.2) is 5.96 Å². The summed E-state index contributed by atoms with van der Waals surface area (Å²) < 4.78 is 10.7. The Labute approximate surface area is 191 Å². The number of carbonyl (C=O) groups is 1. The summed E-state index contributed by atoms with van der Waals surface area (Å²) in [4.78, 5) is 21.5. The quantitative estimate of drug-likeness (QED) is 0.365. The Bertz CT molecular complexity index is 858. The fraction of sp³-hybridized carbons (Fsp3) is 0.520. The van der Waals surface area contributed by atoms with E-state index in [2.05, 4.69) is 53.4 Å². The van der Waals surface area contributed by atoms with Gasteiger partial charge in [0.25, 0.3) is 0 Å². The van der Waals surface area contributed by atoms with Crippen molar-refractivity contribution in [2.24, 2.45) is 10.9 Å². The average Bonchev–Trinajstić information content (AvgIpc) is 3.30. The third-order valence-corrected chi connectivity index (χ3v) is 5.71. The predicted molar refractivity (Wildman–Crippen MR) is 126 cm³/mol. The van der Waals surface area contributed by atoms with Crippen LogP contribution in [0.25, 0.3) is 0 Å². The third-order valence-electron chi connectivity index (χ3n) is 5.71. The van der Waals surface area contributed by atoms with Gasteiger partial charge in [-0.1, -0.05) is 24.3 Å². The van der Waals surface area contributed by atoms with Crippen LogP contribution in [-0.4, -0.2) is 55.0 Å². The Hall–Kier alpha value is -2.80. The van der Waals surface area contributed by atoms with Crippen molar-refractivity contribution in [3.8, 4) is 0 Å². The molecule has 1 aliphatic heterocycles. The molecule has 0 spiro atoms. The predicted octanol–water partition coefficient (Wildman–Crippen LogP) is 3.65. The fourth-order valence-electron chi connectivity index (χ4n) is 4.05. The van der Waals surface area contributed by atoms with Gasteiger partial charge in [0, 0.05) is 26.2 Å². The van der Waals surface area contributed by atoms with E-state index in [0.717, 1.165) is 57.3 Å². The van der Waals surface area contributed by atoms with Crippen LogP contribution < -0.4 is 5.32 Å². The number of likely N-dealkylation sites (tertiary alicyclic amines) is 1. The summed E-state index contributed by atoms with van der Waals surface area (Å²) in [7, 11) is 2.10. The van der Waals surface area contributed by atoms with Gasteiger partial charge in [-0.15, -0.1) is 0 Å². The average molecular weight is 441 g/mol. The van der Waals surface area contributed by atoms with Crippen molar-refractivity contribution in [1.29, 1.82) is 0 Å². The van der Waals surface area contributed by atoms with Crippen LogP contribution in [0.5, 0.6) is 0 Å². The van der Waals surface area contributed by atoms with Gasteiger partial charge in [0.05, 0.1) is 31.9 Å². The summed E-state index contributed by atoms with van der Waals surface area (Å²) in [5, 5.41) is 3.42. The number of aliphatic imine (C=N–C) groups is 1. The van der Waals surface area contributed by atoms with Gasteiger partial charge in [-0.3, -0.25) is 9.69 Å². The van der Waals surface area contributed by atoms with Gasteiger partial charge >= 0.3 is 5.97 Å². The fourth-order valence-corrected chi connectivity index (χ4v) is 4.05. The van der Waals surface area contributed by atoms with E-state index in [0.29, 0.717) is 13.2 Å². The highest BCUT2D eigenvalue weighted by molar-refractivity contribution is 5.80. The molecule has 174 valence electrons. The van der Waals surface area contributed by atoms with Crippen LogP contribution >= 0.6 is 0 Å². The van der Waals surface area contributed by atoms with Crippen LogP contribution in [-0.2, 0) is 29.2 Å². The maximum Gasteiger partial charge on any atom is 0.309 e. The Morgan fingerprint density at radius 1 is 1.16 bits per heavy atom. The van der Waals surface area contributed by atoms with Crippen molar-refractivity contribution in [2.75, 3.05) is 33.3 Å². The molecule has 7 heteroatoms. The second kappa shape index (κ2) is 12.3. The molecule has 0 amide bonds. The number of carbonyl (C=O) groups excluding carboxylic acids is 1. The van der Waals surface area contributed by atoms with Gasteiger partial charge < -0.3 is 19.4 Å². The molecule has 7 nitrogen and oxygen atoms in total. The van der Waals surface area contributed by atoms with Crippen LogP contribution in [0.4, 0.5) is 0 Å². The van der Waals surface area contributed by atoms with Crippen LogP contribution in [0, 0.1) is 5.92 Å². The lowest BCUT2D eigenvalue weighted by molar-refractivity contribution is -0.149. The van der Waals surface area contributed by atoms with E-state index >= 15 is 0 Å². The van der Waals surface area contributed by atoms with Gasteiger partial charge in [-0.05, 0) is 57.0 Å². The highest BCUT2D eigenvalue weighted by Crippen LogP contribution is 2.19. The summed E-state index contributed by atoms with van der Waals surface area (Å²) in [5.41, 5.74) is 2.48. The van der Waals surface area contributed by atoms with E-state index in [9.17, 15) is 4.79 Å². The zero-order valence-corrected chi connectivity index (χ0v) is 19.5. The minimum atomic E-state index is -0.0679. The molecule has 0 bridgehead atoms. The molecule has 1 aromatic carbocycles. The first-order valence-corrected chi connectivity index (χ1v) is 11.6. The lowest BCUT2D eigenvalue weighted by atomic mass is 9.97. The second-order valence-electron chi connectivity index (χ2n) is 8.20. The van der Waals surface area contributed by atoms with Crippen LogP contribution in [0.3, 0.4) is 0 Å². The molecule has 1 N–H and O–H groups in total. The van der Waals surface area contributed by atoms with Crippen molar-refractivity contribution in [3.63, 3.8) is 0 Å². The van der Waals surface area contributed by atoms with Gasteiger partial charge in [0.1, 0.15) is 5.76 Å². The van der Waals surface area contributed by atoms with Crippen LogP contribution in [0.15, 0.2) is 52.1 Å². The maximum atomic E-state index is 12.0. The highest BCUT2D eigenvalue weighted by atomic mass is 16.5. The zero-order valence-electron chi connectivity index (χ0n) is 19.5. The van der Waals surface area contributed by atoms with E-state index in [4.69, 9.17) is 14.1 Å². The maximum absolute atomic E-state index is 12.0. The molecular weight excluding hydrogens is 404 g/mol. The molecule has 0 unspecified atom stereocenters. The van der Waals surface area contributed by atoms with E-state index in [1.54, 1.807) is 6.26 Å². The summed E-state index contributed by atoms with van der Waals surface area (Å²) in [6.45, 7) is 9.02. The van der Waals surface area contributed by atoms with E-state index in [1.165, 1.54) is 11.1 Å². The van der Waals surface area contributed by atoms with Crippen molar-refractivity contribution < 1.29 is 13.9 Å². The standard InChI is InChI=1S/C25H36N4O3/c1-4-26-25(29-14-12-20(13-15-29)24(30)31-5-2)27-17-21-9-6-7-10-22(21)18-28(3)19-23-11-8-16-32-23/h6-11,16,20H,4-5,12-15,17-19H2,1-3H3,(H,26,27). The Kier molecular flexibility index (Phi) is 9.16. The number of hydrogen-bond acceptors (Lipinski definition) is 5. The first-order valence-electron chi connectivity index (χ1n) is 11.6. The number of esters is 1. The Morgan fingerprint density at radius 3 is 2.56 bits per heavy atom. The molecule has 1 aliphatic rings. The van der Waals surface area contributed by atoms with Crippen molar-refractivity contribution >= 4 is 11.9 Å².